The Balaban J connectivity index is 3.34. The highest BCUT2D eigenvalue weighted by Crippen LogP contribution is 2.23. The first-order valence-corrected chi connectivity index (χ1v) is 12.4. The van der Waals surface area contributed by atoms with Crippen molar-refractivity contribution in [3.05, 3.63) is 0 Å². The molecular formula is C21H44O4S. The third kappa shape index (κ3) is 13.1. The van der Waals surface area contributed by atoms with Gasteiger partial charge in [0.05, 0.1) is 6.61 Å². The standard InChI is InChI=1S/C21H44O4S/c1-3-4-5-6-7-8-9-10-11-12-13-14-15-16-17-18-19-21(2,20-22)26(23,24)25/h22H,3-20H2,1-2H3,(H,23,24,25). The van der Waals surface area contributed by atoms with Gasteiger partial charge in [-0.1, -0.05) is 110 Å². The fourth-order valence-corrected chi connectivity index (χ4v) is 3.90. The van der Waals surface area contributed by atoms with Crippen LogP contribution in [0.5, 0.6) is 0 Å². The zero-order valence-corrected chi connectivity index (χ0v) is 18.2. The predicted molar refractivity (Wildman–Crippen MR) is 111 cm³/mol. The molecule has 0 aliphatic rings. The zero-order chi connectivity index (χ0) is 19.7. The highest BCUT2D eigenvalue weighted by Gasteiger charge is 2.36. The molecule has 0 rings (SSSR count). The summed E-state index contributed by atoms with van der Waals surface area (Å²) in [7, 11) is -4.19. The average Bonchev–Trinajstić information content (AvgIpc) is 2.60. The molecule has 0 aliphatic carbocycles. The molecule has 0 fully saturated rings. The molecule has 0 radical (unpaired) electrons. The maximum absolute atomic E-state index is 11.3. The lowest BCUT2D eigenvalue weighted by Crippen LogP contribution is -2.38. The van der Waals surface area contributed by atoms with Crippen LogP contribution in [0, 0.1) is 0 Å². The Morgan fingerprint density at radius 2 is 0.962 bits per heavy atom. The van der Waals surface area contributed by atoms with E-state index in [1.54, 1.807) is 0 Å². The Kier molecular flexibility index (Phi) is 15.8. The number of rotatable bonds is 19. The molecule has 0 spiro atoms. The van der Waals surface area contributed by atoms with Crippen molar-refractivity contribution in [2.24, 2.45) is 0 Å². The van der Waals surface area contributed by atoms with Crippen LogP contribution in [0.25, 0.3) is 0 Å². The number of aliphatic hydroxyl groups is 1. The average molecular weight is 393 g/mol. The van der Waals surface area contributed by atoms with Crippen LogP contribution in [0.15, 0.2) is 0 Å². The second-order valence-corrected chi connectivity index (χ2v) is 10.1. The minimum Gasteiger partial charge on any atom is -0.395 e. The minimum absolute atomic E-state index is 0.320. The first kappa shape index (κ1) is 25.9. The SMILES string of the molecule is CCCCCCCCCCCCCCCCCCC(C)(CO)S(=O)(=O)O. The number of hydrogen-bond acceptors (Lipinski definition) is 3. The van der Waals surface area contributed by atoms with E-state index >= 15 is 0 Å². The van der Waals surface area contributed by atoms with E-state index < -0.39 is 21.5 Å². The Bertz CT molecular complexity index is 408. The lowest BCUT2D eigenvalue weighted by Gasteiger charge is -2.23. The molecule has 1 unspecified atom stereocenters. The lowest BCUT2D eigenvalue weighted by atomic mass is 10.0. The van der Waals surface area contributed by atoms with Gasteiger partial charge in [-0.05, 0) is 13.3 Å². The highest BCUT2D eigenvalue weighted by atomic mass is 32.2. The van der Waals surface area contributed by atoms with Gasteiger partial charge in [0.15, 0.2) is 0 Å². The summed E-state index contributed by atoms with van der Waals surface area (Å²) < 4.78 is 30.3. The maximum Gasteiger partial charge on any atom is 0.272 e. The lowest BCUT2D eigenvalue weighted by molar-refractivity contribution is 0.230. The van der Waals surface area contributed by atoms with Crippen LogP contribution in [0.1, 0.15) is 123 Å². The van der Waals surface area contributed by atoms with Crippen LogP contribution < -0.4 is 0 Å². The van der Waals surface area contributed by atoms with Crippen LogP contribution in [0.3, 0.4) is 0 Å². The summed E-state index contributed by atoms with van der Waals surface area (Å²) in [6.07, 6.45) is 20.7. The van der Waals surface area contributed by atoms with Gasteiger partial charge in [-0.2, -0.15) is 8.42 Å². The van der Waals surface area contributed by atoms with Crippen molar-refractivity contribution in [1.29, 1.82) is 0 Å². The van der Waals surface area contributed by atoms with Gasteiger partial charge in [0.1, 0.15) is 4.75 Å². The van der Waals surface area contributed by atoms with Crippen LogP contribution in [-0.4, -0.2) is 29.4 Å². The number of aliphatic hydroxyl groups excluding tert-OH is 1. The molecule has 158 valence electrons. The van der Waals surface area contributed by atoms with Gasteiger partial charge in [0, 0.05) is 0 Å². The molecule has 0 saturated carbocycles. The molecule has 26 heavy (non-hydrogen) atoms. The fourth-order valence-electron chi connectivity index (χ4n) is 3.34. The van der Waals surface area contributed by atoms with Crippen LogP contribution in [-0.2, 0) is 10.1 Å². The van der Waals surface area contributed by atoms with E-state index in [0.29, 0.717) is 6.42 Å². The van der Waals surface area contributed by atoms with Crippen molar-refractivity contribution >= 4 is 10.1 Å². The fraction of sp³-hybridized carbons (Fsp3) is 1.00. The van der Waals surface area contributed by atoms with Crippen molar-refractivity contribution in [3.63, 3.8) is 0 Å². The molecule has 4 nitrogen and oxygen atoms in total. The van der Waals surface area contributed by atoms with Gasteiger partial charge in [-0.25, -0.2) is 0 Å². The van der Waals surface area contributed by atoms with Crippen molar-refractivity contribution < 1.29 is 18.1 Å². The number of hydrogen-bond donors (Lipinski definition) is 2. The first-order valence-electron chi connectivity index (χ1n) is 11.0. The normalized spacial score (nSPS) is 14.5. The molecule has 5 heteroatoms. The summed E-state index contributed by atoms with van der Waals surface area (Å²) in [5.41, 5.74) is 0. The Morgan fingerprint density at radius 3 is 1.23 bits per heavy atom. The summed E-state index contributed by atoms with van der Waals surface area (Å²) in [6.45, 7) is 3.15. The maximum atomic E-state index is 11.3. The van der Waals surface area contributed by atoms with E-state index in [4.69, 9.17) is 0 Å². The molecule has 0 amide bonds. The second-order valence-electron chi connectivity index (χ2n) is 8.14. The second kappa shape index (κ2) is 15.9. The molecule has 0 saturated heterocycles. The van der Waals surface area contributed by atoms with E-state index in [1.165, 1.54) is 90.4 Å². The predicted octanol–water partition coefficient (Wildman–Crippen LogP) is 6.28. The summed E-state index contributed by atoms with van der Waals surface area (Å²) in [4.78, 5) is 0. The summed E-state index contributed by atoms with van der Waals surface area (Å²) in [6, 6.07) is 0. The van der Waals surface area contributed by atoms with Crippen molar-refractivity contribution in [2.45, 2.75) is 128 Å². The van der Waals surface area contributed by atoms with Gasteiger partial charge in [0.25, 0.3) is 10.1 Å². The zero-order valence-electron chi connectivity index (χ0n) is 17.3. The van der Waals surface area contributed by atoms with Gasteiger partial charge < -0.3 is 5.11 Å². The molecule has 1 atom stereocenters. The summed E-state index contributed by atoms with van der Waals surface area (Å²) in [5.74, 6) is 0. The van der Waals surface area contributed by atoms with Crippen molar-refractivity contribution in [3.8, 4) is 0 Å². The smallest absolute Gasteiger partial charge is 0.272 e. The molecule has 2 N–H and O–H groups in total. The van der Waals surface area contributed by atoms with Crippen molar-refractivity contribution in [2.75, 3.05) is 6.61 Å². The van der Waals surface area contributed by atoms with Crippen LogP contribution >= 0.6 is 0 Å². The molecule has 0 aromatic rings. The summed E-state index contributed by atoms with van der Waals surface area (Å²) in [5, 5.41) is 9.21. The molecular weight excluding hydrogens is 348 g/mol. The van der Waals surface area contributed by atoms with E-state index in [0.717, 1.165) is 19.3 Å². The molecule has 0 aromatic heterocycles. The van der Waals surface area contributed by atoms with Gasteiger partial charge in [-0.3, -0.25) is 4.55 Å². The van der Waals surface area contributed by atoms with E-state index in [2.05, 4.69) is 6.92 Å². The van der Waals surface area contributed by atoms with Gasteiger partial charge in [0.2, 0.25) is 0 Å². The first-order chi connectivity index (χ1) is 12.4. The Hall–Kier alpha value is -0.130. The molecule has 0 bridgehead atoms. The number of unbranched alkanes of at least 4 members (excludes halogenated alkanes) is 15. The van der Waals surface area contributed by atoms with Crippen LogP contribution in [0.4, 0.5) is 0 Å². The van der Waals surface area contributed by atoms with E-state index in [9.17, 15) is 18.1 Å². The van der Waals surface area contributed by atoms with Gasteiger partial charge in [-0.15, -0.1) is 0 Å². The highest BCUT2D eigenvalue weighted by molar-refractivity contribution is 7.87. The monoisotopic (exact) mass is 392 g/mol. The van der Waals surface area contributed by atoms with E-state index in [-0.39, 0.29) is 0 Å². The molecule has 0 heterocycles. The van der Waals surface area contributed by atoms with E-state index in [1.807, 2.05) is 0 Å². The third-order valence-electron chi connectivity index (χ3n) is 5.52. The largest absolute Gasteiger partial charge is 0.395 e. The Morgan fingerprint density at radius 1 is 0.654 bits per heavy atom. The van der Waals surface area contributed by atoms with Crippen LogP contribution in [0.2, 0.25) is 0 Å². The minimum atomic E-state index is -4.19. The summed E-state index contributed by atoms with van der Waals surface area (Å²) >= 11 is 0. The quantitative estimate of drug-likeness (QED) is 0.200. The molecule has 0 aliphatic heterocycles. The third-order valence-corrected chi connectivity index (χ3v) is 7.10. The Labute approximate surface area is 162 Å². The van der Waals surface area contributed by atoms with Gasteiger partial charge >= 0.3 is 0 Å². The van der Waals surface area contributed by atoms with Crippen molar-refractivity contribution in [1.82, 2.24) is 0 Å². The topological polar surface area (TPSA) is 74.6 Å². The molecule has 0 aromatic carbocycles.